The average molecular weight is 336 g/mol. The van der Waals surface area contributed by atoms with Crippen LogP contribution in [0.5, 0.6) is 0 Å². The normalized spacial score (nSPS) is 27.3. The highest BCUT2D eigenvalue weighted by Gasteiger charge is 2.35. The molecule has 2 atom stereocenters. The van der Waals surface area contributed by atoms with Crippen molar-refractivity contribution in [3.63, 3.8) is 0 Å². The van der Waals surface area contributed by atoms with E-state index in [1.807, 2.05) is 0 Å². The molecule has 1 aromatic carbocycles. The van der Waals surface area contributed by atoms with Crippen molar-refractivity contribution in [3.8, 4) is 0 Å². The van der Waals surface area contributed by atoms with Gasteiger partial charge in [0.15, 0.2) is 0 Å². The summed E-state index contributed by atoms with van der Waals surface area (Å²) in [5.74, 6) is 1.17. The zero-order valence-corrected chi connectivity index (χ0v) is 14.4. The van der Waals surface area contributed by atoms with Crippen LogP contribution in [0.3, 0.4) is 0 Å². The smallest absolute Gasteiger partial charge is 0.285 e. The first-order valence-electron chi connectivity index (χ1n) is 7.85. The van der Waals surface area contributed by atoms with Crippen molar-refractivity contribution in [2.75, 3.05) is 13.1 Å². The van der Waals surface area contributed by atoms with Crippen molar-refractivity contribution < 1.29 is 12.8 Å². The van der Waals surface area contributed by atoms with E-state index in [1.54, 1.807) is 6.92 Å². The maximum absolute atomic E-state index is 13.1. The number of halogens is 1. The first-order valence-corrected chi connectivity index (χ1v) is 9.29. The fraction of sp³-hybridized carbons (Fsp3) is 0.471. The van der Waals surface area contributed by atoms with E-state index in [1.165, 1.54) is 24.3 Å². The van der Waals surface area contributed by atoms with E-state index in [4.69, 9.17) is 0 Å². The Bertz CT molecular complexity index is 771. The van der Waals surface area contributed by atoms with E-state index in [9.17, 15) is 12.8 Å². The minimum atomic E-state index is -3.73. The Labute approximate surface area is 136 Å². The molecule has 0 aromatic heterocycles. The molecule has 0 radical (unpaired) electrons. The number of likely N-dealkylation sites (tertiary alicyclic amines) is 1. The van der Waals surface area contributed by atoms with Gasteiger partial charge in [-0.1, -0.05) is 26.0 Å². The van der Waals surface area contributed by atoms with Gasteiger partial charge in [0, 0.05) is 18.7 Å². The molecule has 0 N–H and O–H groups in total. The Morgan fingerprint density at radius 2 is 1.70 bits per heavy atom. The largest absolute Gasteiger partial charge is 0.355 e. The lowest BCUT2D eigenvalue weighted by Gasteiger charge is -2.36. The van der Waals surface area contributed by atoms with Gasteiger partial charge < -0.3 is 4.90 Å². The first-order chi connectivity index (χ1) is 10.8. The molecule has 2 aliphatic rings. The maximum atomic E-state index is 13.1. The highest BCUT2D eigenvalue weighted by atomic mass is 32.2. The standard InChI is InChI=1S/C17H21FN2O2S/c1-11-8-12(2)10-20(9-11)17-13(3)16(23(21,22)19-17)14-4-6-15(18)7-5-14/h4-7,11-12H,8-10H2,1-3H3. The van der Waals surface area contributed by atoms with Gasteiger partial charge in [-0.25, -0.2) is 4.39 Å². The van der Waals surface area contributed by atoms with Gasteiger partial charge in [-0.2, -0.15) is 8.42 Å². The average Bonchev–Trinajstić information content (AvgIpc) is 2.69. The van der Waals surface area contributed by atoms with Crippen LogP contribution in [0.1, 0.15) is 32.8 Å². The summed E-state index contributed by atoms with van der Waals surface area (Å²) in [4.78, 5) is 2.26. The SMILES string of the molecule is CC1=C(c2ccc(F)cc2)S(=O)(=O)N=C1N1CC(C)CC(C)C1. The van der Waals surface area contributed by atoms with E-state index in [-0.39, 0.29) is 10.7 Å². The zero-order valence-electron chi connectivity index (χ0n) is 13.6. The Balaban J connectivity index is 2.01. The molecule has 3 rings (SSSR count). The van der Waals surface area contributed by atoms with Crippen molar-refractivity contribution in [2.24, 2.45) is 16.2 Å². The summed E-state index contributed by atoms with van der Waals surface area (Å²) in [6.07, 6.45) is 1.14. The van der Waals surface area contributed by atoms with Crippen LogP contribution in [0.4, 0.5) is 4.39 Å². The molecule has 4 nitrogen and oxygen atoms in total. The molecule has 1 saturated heterocycles. The number of hydrogen-bond donors (Lipinski definition) is 0. The summed E-state index contributed by atoms with van der Waals surface area (Å²) in [7, 11) is -3.73. The minimum Gasteiger partial charge on any atom is -0.355 e. The molecule has 0 saturated carbocycles. The zero-order chi connectivity index (χ0) is 16.8. The Kier molecular flexibility index (Phi) is 4.04. The lowest BCUT2D eigenvalue weighted by atomic mass is 9.91. The van der Waals surface area contributed by atoms with Crippen molar-refractivity contribution in [3.05, 3.63) is 41.2 Å². The van der Waals surface area contributed by atoms with Gasteiger partial charge in [-0.15, -0.1) is 4.40 Å². The highest BCUT2D eigenvalue weighted by Crippen LogP contribution is 2.35. The summed E-state index contributed by atoms with van der Waals surface area (Å²) in [6, 6.07) is 5.53. The number of benzene rings is 1. The third-order valence-corrected chi connectivity index (χ3v) is 5.89. The fourth-order valence-electron chi connectivity index (χ4n) is 3.62. The van der Waals surface area contributed by atoms with Crippen LogP contribution in [-0.2, 0) is 10.0 Å². The van der Waals surface area contributed by atoms with Crippen LogP contribution in [0, 0.1) is 17.7 Å². The van der Waals surface area contributed by atoms with Gasteiger partial charge in [0.1, 0.15) is 16.6 Å². The van der Waals surface area contributed by atoms with Gasteiger partial charge in [-0.3, -0.25) is 0 Å². The van der Waals surface area contributed by atoms with E-state index in [2.05, 4.69) is 23.1 Å². The van der Waals surface area contributed by atoms with E-state index in [0.717, 1.165) is 19.5 Å². The van der Waals surface area contributed by atoms with Crippen molar-refractivity contribution in [1.82, 2.24) is 4.90 Å². The third-order valence-electron chi connectivity index (χ3n) is 4.42. The lowest BCUT2D eigenvalue weighted by Crippen LogP contribution is -2.42. The molecule has 2 unspecified atom stereocenters. The Morgan fingerprint density at radius 1 is 1.13 bits per heavy atom. The van der Waals surface area contributed by atoms with Crippen molar-refractivity contribution in [1.29, 1.82) is 0 Å². The monoisotopic (exact) mass is 336 g/mol. The molecule has 2 aliphatic heterocycles. The van der Waals surface area contributed by atoms with Gasteiger partial charge >= 0.3 is 0 Å². The molecule has 2 heterocycles. The molecule has 6 heteroatoms. The number of rotatable bonds is 1. The number of nitrogens with zero attached hydrogens (tertiary/aromatic N) is 2. The van der Waals surface area contributed by atoms with E-state index >= 15 is 0 Å². The Hall–Kier alpha value is -1.69. The molecule has 23 heavy (non-hydrogen) atoms. The van der Waals surface area contributed by atoms with E-state index < -0.39 is 10.0 Å². The van der Waals surface area contributed by atoms with Crippen molar-refractivity contribution >= 4 is 20.8 Å². The van der Waals surface area contributed by atoms with Crippen molar-refractivity contribution in [2.45, 2.75) is 27.2 Å². The fourth-order valence-corrected chi connectivity index (χ4v) is 5.10. The summed E-state index contributed by atoms with van der Waals surface area (Å²) in [6.45, 7) is 7.75. The van der Waals surface area contributed by atoms with Crippen LogP contribution in [-0.4, -0.2) is 32.2 Å². The highest BCUT2D eigenvalue weighted by molar-refractivity contribution is 8.00. The second-order valence-electron chi connectivity index (χ2n) is 6.70. The van der Waals surface area contributed by atoms with Crippen LogP contribution in [0.25, 0.3) is 4.91 Å². The number of hydrogen-bond acceptors (Lipinski definition) is 3. The third kappa shape index (κ3) is 3.04. The van der Waals surface area contributed by atoms with Gasteiger partial charge in [-0.05, 0) is 42.9 Å². The first kappa shape index (κ1) is 16.2. The van der Waals surface area contributed by atoms with Gasteiger partial charge in [0.05, 0.1) is 0 Å². The van der Waals surface area contributed by atoms with Crippen LogP contribution < -0.4 is 0 Å². The predicted octanol–water partition coefficient (Wildman–Crippen LogP) is 3.28. The van der Waals surface area contributed by atoms with Gasteiger partial charge in [0.2, 0.25) is 0 Å². The molecule has 1 fully saturated rings. The number of piperidine rings is 1. The molecular formula is C17H21FN2O2S. The van der Waals surface area contributed by atoms with Crippen LogP contribution in [0.15, 0.2) is 34.2 Å². The summed E-state index contributed by atoms with van der Waals surface area (Å²) in [5.41, 5.74) is 1.14. The molecule has 124 valence electrons. The topological polar surface area (TPSA) is 49.7 Å². The maximum Gasteiger partial charge on any atom is 0.285 e. The summed E-state index contributed by atoms with van der Waals surface area (Å²) >= 11 is 0. The molecule has 0 bridgehead atoms. The molecular weight excluding hydrogens is 315 g/mol. The second kappa shape index (κ2) is 5.74. The lowest BCUT2D eigenvalue weighted by molar-refractivity contribution is 0.214. The quantitative estimate of drug-likeness (QED) is 0.791. The number of sulfonamides is 1. The molecule has 0 amide bonds. The second-order valence-corrected chi connectivity index (χ2v) is 8.24. The molecule has 1 aromatic rings. The van der Waals surface area contributed by atoms with Crippen LogP contribution >= 0.6 is 0 Å². The predicted molar refractivity (Wildman–Crippen MR) is 89.9 cm³/mol. The minimum absolute atomic E-state index is 0.193. The van der Waals surface area contributed by atoms with Crippen LogP contribution in [0.2, 0.25) is 0 Å². The Morgan fingerprint density at radius 3 is 2.26 bits per heavy atom. The number of amidine groups is 1. The summed E-state index contributed by atoms with van der Waals surface area (Å²) in [5, 5.41) is 0. The molecule has 0 aliphatic carbocycles. The molecule has 0 spiro atoms. The van der Waals surface area contributed by atoms with E-state index in [0.29, 0.717) is 28.8 Å². The van der Waals surface area contributed by atoms with Gasteiger partial charge in [0.25, 0.3) is 10.0 Å². The summed E-state index contributed by atoms with van der Waals surface area (Å²) < 4.78 is 42.2.